The molecule has 0 aliphatic carbocycles. The number of carbonyl (C=O) groups excluding carboxylic acids is 3. The summed E-state index contributed by atoms with van der Waals surface area (Å²) >= 11 is 0. The Balaban J connectivity index is 2.53. The molecule has 9 heteroatoms. The summed E-state index contributed by atoms with van der Waals surface area (Å²) < 4.78 is 41.7. The zero-order valence-electron chi connectivity index (χ0n) is 15.7. The lowest BCUT2D eigenvalue weighted by atomic mass is 10.1. The van der Waals surface area contributed by atoms with Crippen LogP contribution in [0.4, 0.5) is 8.78 Å². The van der Waals surface area contributed by atoms with E-state index in [0.29, 0.717) is 31.2 Å². The van der Waals surface area contributed by atoms with E-state index in [1.54, 1.807) is 0 Å². The molecule has 6 nitrogen and oxygen atoms in total. The van der Waals surface area contributed by atoms with Gasteiger partial charge in [0, 0.05) is 26.8 Å². The minimum atomic E-state index is -3.77. The Kier molecular flexibility index (Phi) is 9.06. The van der Waals surface area contributed by atoms with E-state index in [-0.39, 0.29) is 6.04 Å². The van der Waals surface area contributed by atoms with E-state index in [0.717, 1.165) is 33.3 Å². The molecule has 0 unspecified atom stereocenters. The molecule has 1 rings (SSSR count). The fourth-order valence-corrected chi connectivity index (χ4v) is 5.04. The molecule has 0 radical (unpaired) electrons. The van der Waals surface area contributed by atoms with Gasteiger partial charge >= 0.3 is 8.80 Å². The van der Waals surface area contributed by atoms with Crippen molar-refractivity contribution >= 4 is 26.7 Å². The second-order valence-electron chi connectivity index (χ2n) is 6.11. The third-order valence-corrected chi connectivity index (χ3v) is 6.35. The molecule has 27 heavy (non-hydrogen) atoms. The normalized spacial score (nSPS) is 11.0. The number of hydrogen-bond donors (Lipinski definition) is 0. The second kappa shape index (κ2) is 10.8. The van der Waals surface area contributed by atoms with Crippen molar-refractivity contribution in [1.29, 1.82) is 0 Å². The topological polar surface area (TPSA) is 78.9 Å². The Morgan fingerprint density at radius 1 is 0.852 bits per heavy atom. The number of aryl methyl sites for hydroxylation is 1. The van der Waals surface area contributed by atoms with Gasteiger partial charge in [-0.1, -0.05) is 18.9 Å². The first-order chi connectivity index (χ1) is 12.6. The van der Waals surface area contributed by atoms with Gasteiger partial charge in [0.15, 0.2) is 0 Å². The highest BCUT2D eigenvalue weighted by molar-refractivity contribution is 6.65. The molecule has 0 bridgehead atoms. The van der Waals surface area contributed by atoms with Crippen molar-refractivity contribution in [2.24, 2.45) is 0 Å². The molecule has 0 N–H and O–H groups in total. The zero-order chi connectivity index (χ0) is 20.4. The minimum Gasteiger partial charge on any atom is -0.455 e. The number of carbonyl (C=O) groups is 3. The molecular formula is C18H24F2O6Si. The second-order valence-corrected chi connectivity index (χ2v) is 8.59. The predicted molar refractivity (Wildman–Crippen MR) is 94.4 cm³/mol. The largest absolute Gasteiger partial charge is 0.705 e. The first-order valence-corrected chi connectivity index (χ1v) is 10.6. The molecule has 0 saturated carbocycles. The molecule has 0 heterocycles. The standard InChI is InChI=1S/C18H24F2O6Si/c1-13(21)24-27(25-14(2)22,26-15(3)23)11-7-5-4-6-8-16-9-10-17(19)12-18(16)20/h9-10,12H,4-8,11H2,1-3H3. The molecule has 0 aliphatic rings. The van der Waals surface area contributed by atoms with Crippen molar-refractivity contribution in [1.82, 2.24) is 0 Å². The van der Waals surface area contributed by atoms with Crippen molar-refractivity contribution < 1.29 is 36.4 Å². The Bertz CT molecular complexity index is 639. The van der Waals surface area contributed by atoms with Crippen molar-refractivity contribution in [3.05, 3.63) is 35.4 Å². The molecular weight excluding hydrogens is 378 g/mol. The molecule has 0 amide bonds. The fourth-order valence-electron chi connectivity index (χ4n) is 2.61. The predicted octanol–water partition coefficient (Wildman–Crippen LogP) is 3.70. The summed E-state index contributed by atoms with van der Waals surface area (Å²) in [4.78, 5) is 34.0. The molecule has 0 aliphatic heterocycles. The molecule has 150 valence electrons. The van der Waals surface area contributed by atoms with Gasteiger partial charge in [0.2, 0.25) is 0 Å². The van der Waals surface area contributed by atoms with Crippen LogP contribution in [0.3, 0.4) is 0 Å². The lowest BCUT2D eigenvalue weighted by Crippen LogP contribution is -2.49. The highest BCUT2D eigenvalue weighted by atomic mass is 28.4. The third-order valence-electron chi connectivity index (χ3n) is 3.59. The van der Waals surface area contributed by atoms with E-state index in [1.807, 2.05) is 0 Å². The maximum absolute atomic E-state index is 13.6. The quantitative estimate of drug-likeness (QED) is 0.439. The van der Waals surface area contributed by atoms with Crippen LogP contribution in [-0.4, -0.2) is 26.7 Å². The van der Waals surface area contributed by atoms with Gasteiger partial charge in [-0.05, 0) is 30.9 Å². The highest BCUT2D eigenvalue weighted by Crippen LogP contribution is 2.22. The van der Waals surface area contributed by atoms with Gasteiger partial charge in [-0.15, -0.1) is 0 Å². The molecule has 1 aromatic carbocycles. The average Bonchev–Trinajstić information content (AvgIpc) is 2.50. The molecule has 1 aromatic rings. The van der Waals surface area contributed by atoms with E-state index in [1.165, 1.54) is 12.1 Å². The van der Waals surface area contributed by atoms with Crippen molar-refractivity contribution in [2.75, 3.05) is 0 Å². The summed E-state index contributed by atoms with van der Waals surface area (Å²) in [6.45, 7) is 3.43. The zero-order valence-corrected chi connectivity index (χ0v) is 16.7. The van der Waals surface area contributed by atoms with Gasteiger partial charge in [0.25, 0.3) is 17.9 Å². The number of benzene rings is 1. The first kappa shape index (κ1) is 22.7. The van der Waals surface area contributed by atoms with Crippen LogP contribution in [0.2, 0.25) is 6.04 Å². The van der Waals surface area contributed by atoms with E-state index in [4.69, 9.17) is 13.3 Å². The van der Waals surface area contributed by atoms with E-state index < -0.39 is 38.3 Å². The van der Waals surface area contributed by atoms with Crippen LogP contribution in [0.25, 0.3) is 0 Å². The molecule has 0 aromatic heterocycles. The summed E-state index contributed by atoms with van der Waals surface area (Å²) in [6.07, 6.45) is 3.02. The van der Waals surface area contributed by atoms with Crippen LogP contribution in [-0.2, 0) is 34.1 Å². The van der Waals surface area contributed by atoms with Crippen molar-refractivity contribution in [2.45, 2.75) is 58.9 Å². The smallest absolute Gasteiger partial charge is 0.455 e. The summed E-state index contributed by atoms with van der Waals surface area (Å²) in [5.41, 5.74) is 0.444. The van der Waals surface area contributed by atoms with E-state index in [2.05, 4.69) is 0 Å². The monoisotopic (exact) mass is 402 g/mol. The van der Waals surface area contributed by atoms with E-state index in [9.17, 15) is 23.2 Å². The Labute approximate surface area is 158 Å². The number of hydrogen-bond acceptors (Lipinski definition) is 6. The number of halogens is 2. The Hall–Kier alpha value is -2.29. The summed E-state index contributed by atoms with van der Waals surface area (Å²) in [5.74, 6) is -3.28. The van der Waals surface area contributed by atoms with Crippen LogP contribution < -0.4 is 0 Å². The van der Waals surface area contributed by atoms with E-state index >= 15 is 0 Å². The van der Waals surface area contributed by atoms with Gasteiger partial charge in [-0.3, -0.25) is 14.4 Å². The highest BCUT2D eigenvalue weighted by Gasteiger charge is 2.51. The van der Waals surface area contributed by atoms with Crippen molar-refractivity contribution in [3.8, 4) is 0 Å². The lowest BCUT2D eigenvalue weighted by molar-refractivity contribution is -0.147. The van der Waals surface area contributed by atoms with Gasteiger partial charge in [0.05, 0.1) is 6.04 Å². The molecule has 0 atom stereocenters. The SMILES string of the molecule is CC(=O)O[Si](CCCCCCc1ccc(F)cc1F)(OC(C)=O)OC(C)=O. The van der Waals surface area contributed by atoms with Crippen molar-refractivity contribution in [3.63, 3.8) is 0 Å². The maximum atomic E-state index is 13.6. The number of rotatable bonds is 10. The molecule has 0 saturated heterocycles. The fraction of sp³-hybridized carbons (Fsp3) is 0.500. The van der Waals surface area contributed by atoms with Gasteiger partial charge in [0.1, 0.15) is 11.6 Å². The van der Waals surface area contributed by atoms with Gasteiger partial charge in [-0.25, -0.2) is 8.78 Å². The van der Waals surface area contributed by atoms with Gasteiger partial charge < -0.3 is 13.3 Å². The third kappa shape index (κ3) is 8.76. The number of unbranched alkanes of at least 4 members (excludes halogenated alkanes) is 3. The van der Waals surface area contributed by atoms with Gasteiger partial charge in [-0.2, -0.15) is 0 Å². The summed E-state index contributed by atoms with van der Waals surface area (Å²) in [6, 6.07) is 3.61. The van der Waals surface area contributed by atoms with Crippen LogP contribution in [0.15, 0.2) is 18.2 Å². The Morgan fingerprint density at radius 3 is 1.85 bits per heavy atom. The minimum absolute atomic E-state index is 0.122. The molecule has 0 spiro atoms. The Morgan fingerprint density at radius 2 is 1.37 bits per heavy atom. The summed E-state index contributed by atoms with van der Waals surface area (Å²) in [5, 5.41) is 0. The van der Waals surface area contributed by atoms with Crippen LogP contribution >= 0.6 is 0 Å². The maximum Gasteiger partial charge on any atom is 0.705 e. The van der Waals surface area contributed by atoms with Crippen LogP contribution in [0.5, 0.6) is 0 Å². The summed E-state index contributed by atoms with van der Waals surface area (Å²) in [7, 11) is -3.77. The first-order valence-electron chi connectivity index (χ1n) is 8.66. The molecule has 0 fully saturated rings. The average molecular weight is 402 g/mol. The lowest BCUT2D eigenvalue weighted by Gasteiger charge is -2.26. The van der Waals surface area contributed by atoms with Crippen LogP contribution in [0.1, 0.15) is 52.0 Å². The van der Waals surface area contributed by atoms with Crippen LogP contribution in [0, 0.1) is 11.6 Å².